The Morgan fingerprint density at radius 2 is 1.45 bits per heavy atom. The van der Waals surface area contributed by atoms with Gasteiger partial charge in [-0.05, 0) is 6.26 Å². The molecule has 22 heavy (non-hydrogen) atoms. The van der Waals surface area contributed by atoms with Crippen molar-refractivity contribution in [2.45, 2.75) is 10.1 Å². The van der Waals surface area contributed by atoms with Crippen LogP contribution in [0.25, 0.3) is 0 Å². The molecule has 9 N–H and O–H groups in total. The quantitative estimate of drug-likeness (QED) is 0.0995. The molecule has 1 rings (SSSR count). The molecule has 122 valence electrons. The summed E-state index contributed by atoms with van der Waals surface area (Å²) < 4.78 is 32.3. The van der Waals surface area contributed by atoms with E-state index >= 15 is 0 Å². The Balaban J connectivity index is 3.86. The fourth-order valence-corrected chi connectivity index (χ4v) is 2.37. The fraction of sp³-hybridized carbons (Fsp3) is 0.143. The van der Waals surface area contributed by atoms with Crippen molar-refractivity contribution in [2.24, 2.45) is 23.2 Å². The summed E-state index contributed by atoms with van der Waals surface area (Å²) >= 11 is 0.907. The highest BCUT2D eigenvalue weighted by atomic mass is 32.2. The standard InChI is InChI=1S/C7H12N8O5S2/c1-21-7-12-3(14(10)5(8)16)2(22(18,19)20)4(13-7)15(11)6(9)17/h10-11H2,1H3,(H2,8,16)(H2,9,17)(H,18,19,20). The molecule has 13 nitrogen and oxygen atoms in total. The first-order valence-electron chi connectivity index (χ1n) is 5.12. The first-order valence-corrected chi connectivity index (χ1v) is 7.79. The van der Waals surface area contributed by atoms with Gasteiger partial charge in [0.1, 0.15) is 0 Å². The van der Waals surface area contributed by atoms with Crippen molar-refractivity contribution in [2.75, 3.05) is 16.3 Å². The van der Waals surface area contributed by atoms with E-state index in [9.17, 15) is 22.6 Å². The molecule has 0 aliphatic carbocycles. The topological polar surface area (TPSA) is 225 Å². The van der Waals surface area contributed by atoms with E-state index in [4.69, 9.17) is 23.2 Å². The molecule has 0 atom stereocenters. The van der Waals surface area contributed by atoms with Crippen LogP contribution in [0, 0.1) is 0 Å². The zero-order chi connectivity index (χ0) is 17.2. The lowest BCUT2D eigenvalue weighted by Crippen LogP contribution is -2.45. The SMILES string of the molecule is CSc1nc(N(N)C(N)=O)c(S(=O)(=O)O)c(N(N)C(N)=O)n1. The first kappa shape index (κ1) is 17.9. The van der Waals surface area contributed by atoms with Gasteiger partial charge in [0.05, 0.1) is 0 Å². The molecule has 0 spiro atoms. The van der Waals surface area contributed by atoms with Crippen LogP contribution in [0.2, 0.25) is 0 Å². The third kappa shape index (κ3) is 3.52. The average molecular weight is 352 g/mol. The van der Waals surface area contributed by atoms with E-state index in [0.717, 1.165) is 11.8 Å². The van der Waals surface area contributed by atoms with Crippen molar-refractivity contribution in [3.05, 3.63) is 0 Å². The molecule has 0 saturated heterocycles. The molecule has 0 fully saturated rings. The van der Waals surface area contributed by atoms with Gasteiger partial charge in [-0.1, -0.05) is 11.8 Å². The van der Waals surface area contributed by atoms with Gasteiger partial charge in [-0.15, -0.1) is 0 Å². The minimum Gasteiger partial charge on any atom is -0.350 e. The van der Waals surface area contributed by atoms with Crippen LogP contribution >= 0.6 is 11.8 Å². The predicted molar refractivity (Wildman–Crippen MR) is 76.1 cm³/mol. The van der Waals surface area contributed by atoms with Crippen LogP contribution in [0.5, 0.6) is 0 Å². The van der Waals surface area contributed by atoms with E-state index in [2.05, 4.69) is 9.97 Å². The summed E-state index contributed by atoms with van der Waals surface area (Å²) in [4.78, 5) is 28.5. The van der Waals surface area contributed by atoms with Gasteiger partial charge in [-0.3, -0.25) is 4.55 Å². The second-order valence-electron chi connectivity index (χ2n) is 3.58. The fourth-order valence-electron chi connectivity index (χ4n) is 1.27. The molecule has 0 aliphatic rings. The second kappa shape index (κ2) is 6.28. The summed E-state index contributed by atoms with van der Waals surface area (Å²) in [5.74, 6) is 9.07. The van der Waals surface area contributed by atoms with Gasteiger partial charge < -0.3 is 11.5 Å². The van der Waals surface area contributed by atoms with Crippen molar-refractivity contribution < 1.29 is 22.6 Å². The number of rotatable bonds is 4. The molecule has 0 unspecified atom stereocenters. The highest BCUT2D eigenvalue weighted by Gasteiger charge is 2.32. The molecule has 1 heterocycles. The average Bonchev–Trinajstić information content (AvgIpc) is 2.42. The summed E-state index contributed by atoms with van der Waals surface area (Å²) in [5, 5.41) is 0.164. The first-order chi connectivity index (χ1) is 10.0. The Bertz CT molecular complexity index is 681. The number of nitrogens with zero attached hydrogens (tertiary/aromatic N) is 4. The van der Waals surface area contributed by atoms with Crippen LogP contribution in [0.3, 0.4) is 0 Å². The maximum absolute atomic E-state index is 11.5. The van der Waals surface area contributed by atoms with Gasteiger partial charge in [-0.25, -0.2) is 41.3 Å². The number of aromatic nitrogens is 2. The van der Waals surface area contributed by atoms with Crippen molar-refractivity contribution in [1.29, 1.82) is 0 Å². The lowest BCUT2D eigenvalue weighted by Gasteiger charge is -2.21. The number of urea groups is 2. The zero-order valence-corrected chi connectivity index (χ0v) is 12.6. The van der Waals surface area contributed by atoms with Crippen LogP contribution < -0.4 is 33.2 Å². The zero-order valence-electron chi connectivity index (χ0n) is 11.0. The number of hydrogen-bond acceptors (Lipinski definition) is 9. The molecule has 0 radical (unpaired) electrons. The molecule has 1 aromatic rings. The maximum atomic E-state index is 11.5. The Morgan fingerprint density at radius 1 is 1.09 bits per heavy atom. The van der Waals surface area contributed by atoms with Gasteiger partial charge in [-0.2, -0.15) is 8.42 Å². The summed E-state index contributed by atoms with van der Waals surface area (Å²) in [6, 6.07) is -2.58. The molecular formula is C7H12N8O5S2. The van der Waals surface area contributed by atoms with Crippen LogP contribution in [0.4, 0.5) is 21.2 Å². The number of primary amides is 2. The van der Waals surface area contributed by atoms with E-state index < -0.39 is 38.7 Å². The van der Waals surface area contributed by atoms with Gasteiger partial charge >= 0.3 is 22.2 Å². The van der Waals surface area contributed by atoms with Crippen molar-refractivity contribution in [3.63, 3.8) is 0 Å². The molecule has 1 aromatic heterocycles. The molecule has 0 aliphatic heterocycles. The summed E-state index contributed by atoms with van der Waals surface area (Å²) in [6.45, 7) is 0. The highest BCUT2D eigenvalue weighted by Crippen LogP contribution is 2.31. The monoisotopic (exact) mass is 352 g/mol. The van der Waals surface area contributed by atoms with Crippen LogP contribution in [-0.2, 0) is 10.1 Å². The Morgan fingerprint density at radius 3 is 1.68 bits per heavy atom. The number of nitrogens with two attached hydrogens (primary N) is 4. The van der Waals surface area contributed by atoms with Crippen LogP contribution in [-0.4, -0.2) is 41.3 Å². The number of thioether (sulfide) groups is 1. The molecule has 0 aromatic carbocycles. The van der Waals surface area contributed by atoms with E-state index in [0.29, 0.717) is 0 Å². The normalized spacial score (nSPS) is 11.1. The Labute approximate surface area is 128 Å². The number of carbonyl (C=O) groups excluding carboxylic acids is 2. The third-order valence-corrected chi connectivity index (χ3v) is 3.61. The van der Waals surface area contributed by atoms with Gasteiger partial charge in [0.25, 0.3) is 0 Å². The molecule has 4 amide bonds. The smallest absolute Gasteiger partial charge is 0.335 e. The van der Waals surface area contributed by atoms with Crippen molar-refractivity contribution in [3.8, 4) is 0 Å². The highest BCUT2D eigenvalue weighted by molar-refractivity contribution is 7.98. The lowest BCUT2D eigenvalue weighted by molar-refractivity contribution is 0.253. The van der Waals surface area contributed by atoms with E-state index in [1.165, 1.54) is 6.26 Å². The predicted octanol–water partition coefficient (Wildman–Crippen LogP) is -2.04. The van der Waals surface area contributed by atoms with Crippen molar-refractivity contribution in [1.82, 2.24) is 9.97 Å². The van der Waals surface area contributed by atoms with Crippen molar-refractivity contribution >= 4 is 45.6 Å². The number of anilines is 2. The number of hydrazine groups is 2. The van der Waals surface area contributed by atoms with E-state index in [-0.39, 0.29) is 15.2 Å². The summed E-state index contributed by atoms with van der Waals surface area (Å²) in [6.07, 6.45) is 1.51. The van der Waals surface area contributed by atoms with Crippen LogP contribution in [0.15, 0.2) is 10.1 Å². The molecule has 0 bridgehead atoms. The Hall–Kier alpha value is -2.20. The molecule has 0 saturated carbocycles. The minimum absolute atomic E-state index is 0.120. The third-order valence-electron chi connectivity index (χ3n) is 2.18. The lowest BCUT2D eigenvalue weighted by atomic mass is 10.5. The van der Waals surface area contributed by atoms with Gasteiger partial charge in [0, 0.05) is 0 Å². The number of amides is 4. The van der Waals surface area contributed by atoms with Gasteiger partial charge in [0.2, 0.25) is 0 Å². The maximum Gasteiger partial charge on any atom is 0.335 e. The number of carbonyl (C=O) groups is 2. The molecule has 15 heteroatoms. The molecular weight excluding hydrogens is 340 g/mol. The van der Waals surface area contributed by atoms with E-state index in [1.54, 1.807) is 0 Å². The second-order valence-corrected chi connectivity index (χ2v) is 5.71. The Kier molecular flexibility index (Phi) is 5.09. The van der Waals surface area contributed by atoms with E-state index in [1.807, 2.05) is 0 Å². The van der Waals surface area contributed by atoms with Crippen LogP contribution in [0.1, 0.15) is 0 Å². The van der Waals surface area contributed by atoms with Gasteiger partial charge in [0.15, 0.2) is 21.7 Å². The summed E-state index contributed by atoms with van der Waals surface area (Å²) in [7, 11) is -5.04. The number of hydrogen-bond donors (Lipinski definition) is 5. The minimum atomic E-state index is -5.04. The largest absolute Gasteiger partial charge is 0.350 e. The summed E-state index contributed by atoms with van der Waals surface area (Å²) in [5.41, 5.74) is 9.88.